The van der Waals surface area contributed by atoms with Crippen molar-refractivity contribution in [3.8, 4) is 11.5 Å². The lowest BCUT2D eigenvalue weighted by atomic mass is 10.1. The molecule has 2 aromatic carbocycles. The largest absolute Gasteiger partial charge is 0.455 e. The fourth-order valence-corrected chi connectivity index (χ4v) is 3.24. The van der Waals surface area contributed by atoms with Crippen LogP contribution in [0, 0.1) is 18.6 Å². The third-order valence-electron chi connectivity index (χ3n) is 4.57. The van der Waals surface area contributed by atoms with Gasteiger partial charge in [-0.3, -0.25) is 0 Å². The van der Waals surface area contributed by atoms with Crippen molar-refractivity contribution in [2.24, 2.45) is 0 Å². The molecule has 0 unspecified atom stereocenters. The SMILES string of the molecule is Cc1cc(Cl)ncc1Oc1ccc(CCNc2ncnc3c(F)ccc(F)c23)cc1. The molecule has 2 heterocycles. The number of aromatic nitrogens is 3. The molecule has 152 valence electrons. The molecule has 0 saturated carbocycles. The van der Waals surface area contributed by atoms with Gasteiger partial charge in [-0.25, -0.2) is 23.7 Å². The number of hydrogen-bond acceptors (Lipinski definition) is 5. The molecule has 0 aliphatic carbocycles. The Balaban J connectivity index is 1.40. The van der Waals surface area contributed by atoms with E-state index in [1.54, 1.807) is 12.3 Å². The van der Waals surface area contributed by atoms with Crippen molar-refractivity contribution >= 4 is 28.3 Å². The number of ether oxygens (including phenoxy) is 1. The van der Waals surface area contributed by atoms with Crippen LogP contribution in [-0.4, -0.2) is 21.5 Å². The van der Waals surface area contributed by atoms with Crippen molar-refractivity contribution in [2.75, 3.05) is 11.9 Å². The Kier molecular flexibility index (Phi) is 5.72. The van der Waals surface area contributed by atoms with Gasteiger partial charge in [-0.05, 0) is 54.8 Å². The molecule has 1 N–H and O–H groups in total. The molecule has 0 saturated heterocycles. The van der Waals surface area contributed by atoms with E-state index in [-0.39, 0.29) is 16.7 Å². The predicted octanol–water partition coefficient (Wildman–Crippen LogP) is 5.71. The van der Waals surface area contributed by atoms with E-state index in [2.05, 4.69) is 20.3 Å². The number of pyridine rings is 1. The Labute approximate surface area is 176 Å². The second kappa shape index (κ2) is 8.59. The third-order valence-corrected chi connectivity index (χ3v) is 4.78. The highest BCUT2D eigenvalue weighted by atomic mass is 35.5. The normalized spacial score (nSPS) is 10.9. The molecule has 2 aromatic heterocycles. The molecule has 4 aromatic rings. The quantitative estimate of drug-likeness (QED) is 0.400. The first-order chi connectivity index (χ1) is 14.5. The highest BCUT2D eigenvalue weighted by Gasteiger charge is 2.12. The summed E-state index contributed by atoms with van der Waals surface area (Å²) in [6.07, 6.45) is 3.46. The van der Waals surface area contributed by atoms with Crippen LogP contribution in [0.15, 0.2) is 55.0 Å². The van der Waals surface area contributed by atoms with E-state index in [4.69, 9.17) is 16.3 Å². The maximum Gasteiger partial charge on any atom is 0.149 e. The Bertz CT molecular complexity index is 1200. The van der Waals surface area contributed by atoms with E-state index in [0.717, 1.165) is 23.3 Å². The molecule has 0 aliphatic rings. The maximum absolute atomic E-state index is 14.1. The van der Waals surface area contributed by atoms with Gasteiger partial charge in [0, 0.05) is 6.54 Å². The van der Waals surface area contributed by atoms with Crippen LogP contribution in [0.4, 0.5) is 14.6 Å². The molecular weight excluding hydrogens is 410 g/mol. The Morgan fingerprint density at radius 2 is 1.77 bits per heavy atom. The molecule has 0 atom stereocenters. The molecule has 0 amide bonds. The average Bonchev–Trinajstić information content (AvgIpc) is 2.74. The van der Waals surface area contributed by atoms with Crippen molar-refractivity contribution in [1.82, 2.24) is 15.0 Å². The maximum atomic E-state index is 14.1. The zero-order valence-electron chi connectivity index (χ0n) is 16.0. The van der Waals surface area contributed by atoms with E-state index in [1.165, 1.54) is 6.33 Å². The van der Waals surface area contributed by atoms with Crippen molar-refractivity contribution in [3.05, 3.63) is 82.9 Å². The van der Waals surface area contributed by atoms with Crippen LogP contribution >= 0.6 is 11.6 Å². The number of anilines is 1. The monoisotopic (exact) mass is 426 g/mol. The first kappa shape index (κ1) is 20.0. The van der Waals surface area contributed by atoms with Gasteiger partial charge in [0.25, 0.3) is 0 Å². The van der Waals surface area contributed by atoms with Gasteiger partial charge in [0.15, 0.2) is 0 Å². The van der Waals surface area contributed by atoms with Crippen LogP contribution in [0.3, 0.4) is 0 Å². The van der Waals surface area contributed by atoms with Gasteiger partial charge < -0.3 is 10.1 Å². The summed E-state index contributed by atoms with van der Waals surface area (Å²) in [5.74, 6) is 0.432. The van der Waals surface area contributed by atoms with Crippen molar-refractivity contribution < 1.29 is 13.5 Å². The molecule has 0 aliphatic heterocycles. The Morgan fingerprint density at radius 1 is 1.00 bits per heavy atom. The van der Waals surface area contributed by atoms with Crippen molar-refractivity contribution in [2.45, 2.75) is 13.3 Å². The highest BCUT2D eigenvalue weighted by molar-refractivity contribution is 6.29. The number of hydrogen-bond donors (Lipinski definition) is 1. The fourth-order valence-electron chi connectivity index (χ4n) is 3.03. The number of nitrogens with one attached hydrogen (secondary N) is 1. The summed E-state index contributed by atoms with van der Waals surface area (Å²) in [4.78, 5) is 11.9. The van der Waals surface area contributed by atoms with E-state index < -0.39 is 11.6 Å². The summed E-state index contributed by atoms with van der Waals surface area (Å²) < 4.78 is 33.8. The van der Waals surface area contributed by atoms with Gasteiger partial charge in [0.2, 0.25) is 0 Å². The van der Waals surface area contributed by atoms with E-state index in [0.29, 0.717) is 29.6 Å². The zero-order chi connectivity index (χ0) is 21.1. The molecule has 0 fully saturated rings. The third kappa shape index (κ3) is 4.31. The van der Waals surface area contributed by atoms with Crippen LogP contribution in [0.5, 0.6) is 11.5 Å². The summed E-state index contributed by atoms with van der Waals surface area (Å²) in [5, 5.41) is 3.53. The summed E-state index contributed by atoms with van der Waals surface area (Å²) in [6, 6.07) is 11.5. The van der Waals surface area contributed by atoms with Gasteiger partial charge in [0.05, 0.1) is 11.6 Å². The lowest BCUT2D eigenvalue weighted by molar-refractivity contribution is 0.476. The minimum absolute atomic E-state index is 0.0408. The highest BCUT2D eigenvalue weighted by Crippen LogP contribution is 2.27. The Morgan fingerprint density at radius 3 is 2.53 bits per heavy atom. The van der Waals surface area contributed by atoms with Crippen LogP contribution in [0.25, 0.3) is 10.9 Å². The van der Waals surface area contributed by atoms with Gasteiger partial charge >= 0.3 is 0 Å². The zero-order valence-corrected chi connectivity index (χ0v) is 16.8. The van der Waals surface area contributed by atoms with Crippen molar-refractivity contribution in [3.63, 3.8) is 0 Å². The van der Waals surface area contributed by atoms with Gasteiger partial charge in [-0.15, -0.1) is 0 Å². The van der Waals surface area contributed by atoms with E-state index >= 15 is 0 Å². The minimum atomic E-state index is -0.585. The average molecular weight is 427 g/mol. The number of aryl methyl sites for hydroxylation is 1. The van der Waals surface area contributed by atoms with Crippen LogP contribution in [0.2, 0.25) is 5.15 Å². The van der Waals surface area contributed by atoms with Crippen molar-refractivity contribution in [1.29, 1.82) is 0 Å². The molecule has 0 spiro atoms. The number of nitrogens with zero attached hydrogens (tertiary/aromatic N) is 3. The molecule has 8 heteroatoms. The summed E-state index contributed by atoms with van der Waals surface area (Å²) >= 11 is 5.86. The van der Waals surface area contributed by atoms with Crippen LogP contribution in [0.1, 0.15) is 11.1 Å². The second-order valence-corrected chi connectivity index (χ2v) is 7.06. The number of fused-ring (bicyclic) bond motifs is 1. The fraction of sp³-hybridized carbons (Fsp3) is 0.136. The van der Waals surface area contributed by atoms with Gasteiger partial charge in [-0.1, -0.05) is 23.7 Å². The molecule has 30 heavy (non-hydrogen) atoms. The molecule has 0 radical (unpaired) electrons. The lowest BCUT2D eigenvalue weighted by Gasteiger charge is -2.11. The first-order valence-corrected chi connectivity index (χ1v) is 9.60. The summed E-state index contributed by atoms with van der Waals surface area (Å²) in [7, 11) is 0. The Hall–Kier alpha value is -3.32. The predicted molar refractivity (Wildman–Crippen MR) is 112 cm³/mol. The standard InChI is InChI=1S/C22H17ClF2N4O/c1-13-10-19(23)27-11-18(13)30-15-4-2-14(3-5-15)8-9-26-22-20-16(24)6-7-17(25)21(20)28-12-29-22/h2-7,10-12H,8-9H2,1H3,(H,26,28,29). The topological polar surface area (TPSA) is 59.9 Å². The number of rotatable bonds is 6. The van der Waals surface area contributed by atoms with E-state index in [1.807, 2.05) is 31.2 Å². The summed E-state index contributed by atoms with van der Waals surface area (Å²) in [5.41, 5.74) is 1.90. The number of halogens is 3. The lowest BCUT2D eigenvalue weighted by Crippen LogP contribution is -2.08. The van der Waals surface area contributed by atoms with Crippen LogP contribution < -0.4 is 10.1 Å². The minimum Gasteiger partial charge on any atom is -0.455 e. The molecule has 0 bridgehead atoms. The second-order valence-electron chi connectivity index (χ2n) is 6.67. The van der Waals surface area contributed by atoms with E-state index in [9.17, 15) is 8.78 Å². The van der Waals surface area contributed by atoms with Gasteiger partial charge in [-0.2, -0.15) is 0 Å². The smallest absolute Gasteiger partial charge is 0.149 e. The first-order valence-electron chi connectivity index (χ1n) is 9.23. The number of benzene rings is 2. The van der Waals surface area contributed by atoms with Crippen LogP contribution in [-0.2, 0) is 6.42 Å². The summed E-state index contributed by atoms with van der Waals surface area (Å²) in [6.45, 7) is 2.39. The molecule has 5 nitrogen and oxygen atoms in total. The molecular formula is C22H17ClF2N4O. The molecule has 4 rings (SSSR count). The van der Waals surface area contributed by atoms with Gasteiger partial charge in [0.1, 0.15) is 45.9 Å².